The van der Waals surface area contributed by atoms with Crippen molar-refractivity contribution in [2.75, 3.05) is 6.54 Å². The summed E-state index contributed by atoms with van der Waals surface area (Å²) in [5.41, 5.74) is 1.12. The molecule has 0 fully saturated rings. The quantitative estimate of drug-likeness (QED) is 0.603. The third-order valence-electron chi connectivity index (χ3n) is 4.71. The van der Waals surface area contributed by atoms with Gasteiger partial charge in [-0.05, 0) is 60.9 Å². The van der Waals surface area contributed by atoms with Crippen LogP contribution in [-0.2, 0) is 13.5 Å². The van der Waals surface area contributed by atoms with Crippen LogP contribution in [0.1, 0.15) is 21.5 Å². The van der Waals surface area contributed by atoms with E-state index in [2.05, 4.69) is 5.32 Å². The number of pyridine rings is 1. The molecular formula is C22H19Cl2FN2O3. The summed E-state index contributed by atoms with van der Waals surface area (Å²) in [6.45, 7) is 1.91. The molecule has 0 saturated heterocycles. The molecule has 3 aromatic rings. The fraction of sp³-hybridized carbons (Fsp3) is 0.182. The number of hydrogen-bond acceptors (Lipinski definition) is 3. The van der Waals surface area contributed by atoms with Crippen LogP contribution in [0.5, 0.6) is 5.75 Å². The molecule has 0 radical (unpaired) electrons. The Morgan fingerprint density at radius 1 is 1.17 bits per heavy atom. The summed E-state index contributed by atoms with van der Waals surface area (Å²) < 4.78 is 15.0. The number of benzene rings is 2. The first-order valence-corrected chi connectivity index (χ1v) is 9.86. The van der Waals surface area contributed by atoms with Crippen LogP contribution in [0.4, 0.5) is 4.39 Å². The second-order valence-electron chi connectivity index (χ2n) is 6.88. The third-order valence-corrected chi connectivity index (χ3v) is 5.42. The van der Waals surface area contributed by atoms with Gasteiger partial charge in [0.05, 0.1) is 11.3 Å². The van der Waals surface area contributed by atoms with Crippen molar-refractivity contribution in [2.45, 2.75) is 13.3 Å². The Balaban J connectivity index is 1.89. The van der Waals surface area contributed by atoms with Gasteiger partial charge in [0.2, 0.25) is 0 Å². The van der Waals surface area contributed by atoms with Crippen LogP contribution in [0.15, 0.2) is 47.3 Å². The molecule has 3 rings (SSSR count). The van der Waals surface area contributed by atoms with Gasteiger partial charge < -0.3 is 15.0 Å². The van der Waals surface area contributed by atoms with Crippen LogP contribution >= 0.6 is 23.2 Å². The molecule has 2 N–H and O–H groups in total. The van der Waals surface area contributed by atoms with Crippen LogP contribution in [-0.4, -0.2) is 22.1 Å². The molecule has 0 unspecified atom stereocenters. The summed E-state index contributed by atoms with van der Waals surface area (Å²) in [7, 11) is 1.44. The van der Waals surface area contributed by atoms with Gasteiger partial charge in [-0.3, -0.25) is 9.59 Å². The van der Waals surface area contributed by atoms with Gasteiger partial charge in [-0.1, -0.05) is 29.3 Å². The average molecular weight is 449 g/mol. The van der Waals surface area contributed by atoms with E-state index in [9.17, 15) is 19.1 Å². The van der Waals surface area contributed by atoms with Gasteiger partial charge in [0, 0.05) is 29.2 Å². The highest BCUT2D eigenvalue weighted by Crippen LogP contribution is 2.26. The lowest BCUT2D eigenvalue weighted by Crippen LogP contribution is -2.29. The lowest BCUT2D eigenvalue weighted by atomic mass is 10.0. The molecule has 0 aliphatic carbocycles. The first-order chi connectivity index (χ1) is 14.2. The number of aromatic nitrogens is 1. The van der Waals surface area contributed by atoms with Gasteiger partial charge in [0.25, 0.3) is 11.5 Å². The predicted octanol–water partition coefficient (Wildman–Crippen LogP) is 4.48. The molecule has 5 nitrogen and oxygen atoms in total. The van der Waals surface area contributed by atoms with Gasteiger partial charge in [0.1, 0.15) is 5.82 Å². The van der Waals surface area contributed by atoms with Crippen molar-refractivity contribution in [1.82, 2.24) is 9.88 Å². The zero-order valence-electron chi connectivity index (χ0n) is 16.3. The third kappa shape index (κ3) is 4.50. The van der Waals surface area contributed by atoms with Crippen LogP contribution in [0.25, 0.3) is 11.3 Å². The lowest BCUT2D eigenvalue weighted by Gasteiger charge is -2.14. The maximum atomic E-state index is 13.8. The SMILES string of the molecule is Cc1cc(F)cc(-c2cc(C(=O)NCCc3c(Cl)cccc3Cl)c(O)c(=O)n2C)c1. The largest absolute Gasteiger partial charge is 0.502 e. The number of hydrogen-bond donors (Lipinski definition) is 2. The summed E-state index contributed by atoms with van der Waals surface area (Å²) in [6.07, 6.45) is 0.367. The van der Waals surface area contributed by atoms with Crippen molar-refractivity contribution in [3.05, 3.63) is 85.4 Å². The molecule has 1 aromatic heterocycles. The molecular weight excluding hydrogens is 430 g/mol. The number of carbonyl (C=O) groups is 1. The topological polar surface area (TPSA) is 71.3 Å². The van der Waals surface area contributed by atoms with E-state index in [0.717, 1.165) is 0 Å². The highest BCUT2D eigenvalue weighted by molar-refractivity contribution is 6.36. The first-order valence-electron chi connectivity index (χ1n) is 9.10. The summed E-state index contributed by atoms with van der Waals surface area (Å²) in [4.78, 5) is 25.1. The van der Waals surface area contributed by atoms with E-state index in [0.29, 0.717) is 38.9 Å². The van der Waals surface area contributed by atoms with Gasteiger partial charge >= 0.3 is 0 Å². The molecule has 1 heterocycles. The van der Waals surface area contributed by atoms with Crippen LogP contribution < -0.4 is 10.9 Å². The number of rotatable bonds is 5. The summed E-state index contributed by atoms with van der Waals surface area (Å²) in [6, 6.07) is 10.8. The fourth-order valence-corrected chi connectivity index (χ4v) is 3.77. The monoisotopic (exact) mass is 448 g/mol. The van der Waals surface area contributed by atoms with Crippen LogP contribution in [0.3, 0.4) is 0 Å². The van der Waals surface area contributed by atoms with Gasteiger partial charge in [-0.25, -0.2) is 4.39 Å². The first kappa shape index (κ1) is 21.9. The normalized spacial score (nSPS) is 10.8. The molecule has 0 saturated carbocycles. The van der Waals surface area contributed by atoms with E-state index in [1.807, 2.05) is 0 Å². The Hall–Kier alpha value is -2.83. The maximum absolute atomic E-state index is 13.8. The van der Waals surface area contributed by atoms with Crippen molar-refractivity contribution in [3.63, 3.8) is 0 Å². The van der Waals surface area contributed by atoms with E-state index in [1.54, 1.807) is 31.2 Å². The minimum absolute atomic E-state index is 0.186. The van der Waals surface area contributed by atoms with E-state index in [1.165, 1.54) is 29.8 Å². The van der Waals surface area contributed by atoms with Crippen molar-refractivity contribution in [1.29, 1.82) is 0 Å². The molecule has 0 spiro atoms. The number of nitrogens with one attached hydrogen (secondary N) is 1. The van der Waals surface area contributed by atoms with Crippen molar-refractivity contribution < 1.29 is 14.3 Å². The number of aromatic hydroxyl groups is 1. The minimum Gasteiger partial charge on any atom is -0.502 e. The molecule has 1 amide bonds. The summed E-state index contributed by atoms with van der Waals surface area (Å²) in [5, 5.41) is 13.8. The molecule has 0 atom stereocenters. The number of carbonyl (C=O) groups excluding carboxylic acids is 1. The Kier molecular flexibility index (Phi) is 6.48. The van der Waals surface area contributed by atoms with Crippen molar-refractivity contribution in [2.24, 2.45) is 7.05 Å². The number of nitrogens with zero attached hydrogens (tertiary/aromatic N) is 1. The lowest BCUT2D eigenvalue weighted by molar-refractivity contribution is 0.0951. The van der Waals surface area contributed by atoms with E-state index in [-0.39, 0.29) is 12.1 Å². The van der Waals surface area contributed by atoms with E-state index >= 15 is 0 Å². The number of aryl methyl sites for hydroxylation is 1. The smallest absolute Gasteiger partial charge is 0.293 e. The average Bonchev–Trinajstić information content (AvgIpc) is 2.67. The zero-order chi connectivity index (χ0) is 22.0. The Bertz CT molecular complexity index is 1150. The zero-order valence-corrected chi connectivity index (χ0v) is 17.8. The Labute approximate surface area is 182 Å². The number of amides is 1. The van der Waals surface area contributed by atoms with Gasteiger partial charge in [-0.15, -0.1) is 0 Å². The molecule has 156 valence electrons. The molecule has 0 aliphatic heterocycles. The Morgan fingerprint density at radius 3 is 2.47 bits per heavy atom. The summed E-state index contributed by atoms with van der Waals surface area (Å²) in [5.74, 6) is -1.78. The second kappa shape index (κ2) is 8.90. The van der Waals surface area contributed by atoms with Crippen LogP contribution in [0.2, 0.25) is 10.0 Å². The van der Waals surface area contributed by atoms with E-state index < -0.39 is 23.0 Å². The standard InChI is InChI=1S/C22H19Cl2FN2O3/c1-12-8-13(10-14(25)9-12)19-11-16(20(28)22(30)27(19)2)21(29)26-7-6-15-17(23)4-3-5-18(15)24/h3-5,8-11,28H,6-7H2,1-2H3,(H,26,29). The van der Waals surface area contributed by atoms with Crippen LogP contribution in [0, 0.1) is 12.7 Å². The molecule has 2 aromatic carbocycles. The second-order valence-corrected chi connectivity index (χ2v) is 7.69. The minimum atomic E-state index is -0.756. The highest BCUT2D eigenvalue weighted by atomic mass is 35.5. The molecule has 0 aliphatic rings. The van der Waals surface area contributed by atoms with Gasteiger partial charge in [-0.2, -0.15) is 0 Å². The fourth-order valence-electron chi connectivity index (χ4n) is 3.19. The van der Waals surface area contributed by atoms with Crippen molar-refractivity contribution >= 4 is 29.1 Å². The number of halogens is 3. The molecule has 30 heavy (non-hydrogen) atoms. The predicted molar refractivity (Wildman–Crippen MR) is 116 cm³/mol. The van der Waals surface area contributed by atoms with Crippen molar-refractivity contribution in [3.8, 4) is 17.0 Å². The van der Waals surface area contributed by atoms with Gasteiger partial charge in [0.15, 0.2) is 5.75 Å². The molecule has 8 heteroatoms. The highest BCUT2D eigenvalue weighted by Gasteiger charge is 2.19. The Morgan fingerprint density at radius 2 is 1.83 bits per heavy atom. The van der Waals surface area contributed by atoms with E-state index in [4.69, 9.17) is 23.2 Å². The molecule has 0 bridgehead atoms. The summed E-state index contributed by atoms with van der Waals surface area (Å²) >= 11 is 12.3. The maximum Gasteiger partial charge on any atom is 0.293 e.